The van der Waals surface area contributed by atoms with Crippen LogP contribution in [0.2, 0.25) is 0 Å². The molecule has 0 saturated heterocycles. The average molecular weight is 435 g/mol. The van der Waals surface area contributed by atoms with Crippen LogP contribution in [0.15, 0.2) is 97.1 Å². The van der Waals surface area contributed by atoms with Gasteiger partial charge in [0, 0.05) is 5.56 Å². The fraction of sp³-hybridized carbons (Fsp3) is 0.188. The summed E-state index contributed by atoms with van der Waals surface area (Å²) in [4.78, 5) is 0. The van der Waals surface area contributed by atoms with E-state index < -0.39 is 0 Å². The molecule has 0 aliphatic carbocycles. The minimum Gasteiger partial charge on any atom is -0.206 e. The molecule has 0 aliphatic rings. The zero-order chi connectivity index (χ0) is 23.0. The third-order valence-corrected chi connectivity index (χ3v) is 6.17. The summed E-state index contributed by atoms with van der Waals surface area (Å²) in [6.45, 7) is 4.44. The summed E-state index contributed by atoms with van der Waals surface area (Å²) in [5.41, 5.74) is 7.61. The van der Waals surface area contributed by atoms with Crippen molar-refractivity contribution in [3.63, 3.8) is 0 Å². The molecule has 0 amide bonds. The SMILES string of the molecule is CCCc1ccc(-c2ccc(C=Cc3ccc(C[C@H](C)c4ccccc4)cc3)c(F)c2)cc1. The minimum atomic E-state index is -0.199. The molecular weight excluding hydrogens is 403 g/mol. The van der Waals surface area contributed by atoms with Gasteiger partial charge in [-0.15, -0.1) is 0 Å². The van der Waals surface area contributed by atoms with Gasteiger partial charge in [0.1, 0.15) is 5.82 Å². The van der Waals surface area contributed by atoms with Crippen molar-refractivity contribution in [2.75, 3.05) is 0 Å². The number of benzene rings is 4. The van der Waals surface area contributed by atoms with E-state index in [1.54, 1.807) is 6.07 Å². The smallest absolute Gasteiger partial charge is 0.131 e. The van der Waals surface area contributed by atoms with Gasteiger partial charge < -0.3 is 0 Å². The van der Waals surface area contributed by atoms with Gasteiger partial charge in [-0.3, -0.25) is 0 Å². The Hall–Kier alpha value is -3.45. The Balaban J connectivity index is 1.41. The highest BCUT2D eigenvalue weighted by atomic mass is 19.1. The Morgan fingerprint density at radius 1 is 0.727 bits per heavy atom. The molecule has 0 unspecified atom stereocenters. The number of hydrogen-bond acceptors (Lipinski definition) is 0. The molecule has 1 heteroatoms. The monoisotopic (exact) mass is 434 g/mol. The highest BCUT2D eigenvalue weighted by Gasteiger charge is 2.06. The second-order valence-corrected chi connectivity index (χ2v) is 8.77. The molecule has 4 rings (SSSR count). The number of hydrogen-bond donors (Lipinski definition) is 0. The lowest BCUT2D eigenvalue weighted by Crippen LogP contribution is -1.98. The molecule has 1 atom stereocenters. The molecule has 0 aliphatic heterocycles. The van der Waals surface area contributed by atoms with Crippen LogP contribution >= 0.6 is 0 Å². The maximum atomic E-state index is 14.8. The Kier molecular flexibility index (Phi) is 7.52. The van der Waals surface area contributed by atoms with E-state index in [1.807, 2.05) is 24.3 Å². The summed E-state index contributed by atoms with van der Waals surface area (Å²) >= 11 is 0. The third-order valence-electron chi connectivity index (χ3n) is 6.17. The highest BCUT2D eigenvalue weighted by molar-refractivity contribution is 5.72. The molecule has 0 heterocycles. The molecule has 0 aromatic heterocycles. The van der Waals surface area contributed by atoms with Crippen LogP contribution in [0, 0.1) is 5.82 Å². The Morgan fingerprint density at radius 3 is 2.06 bits per heavy atom. The first-order valence-electron chi connectivity index (χ1n) is 11.8. The van der Waals surface area contributed by atoms with Crippen LogP contribution in [0.3, 0.4) is 0 Å². The Bertz CT molecular complexity index is 1190. The zero-order valence-electron chi connectivity index (χ0n) is 19.5. The van der Waals surface area contributed by atoms with Crippen LogP contribution in [0.25, 0.3) is 23.3 Å². The van der Waals surface area contributed by atoms with E-state index in [0.29, 0.717) is 11.5 Å². The minimum absolute atomic E-state index is 0.199. The molecule has 0 radical (unpaired) electrons. The van der Waals surface area contributed by atoms with Crippen molar-refractivity contribution in [2.24, 2.45) is 0 Å². The topological polar surface area (TPSA) is 0 Å². The molecule has 0 spiro atoms. The second kappa shape index (κ2) is 10.9. The molecule has 0 bridgehead atoms. The van der Waals surface area contributed by atoms with Gasteiger partial charge in [0.2, 0.25) is 0 Å². The van der Waals surface area contributed by atoms with E-state index in [4.69, 9.17) is 0 Å². The summed E-state index contributed by atoms with van der Waals surface area (Å²) in [6, 6.07) is 33.1. The molecule has 33 heavy (non-hydrogen) atoms. The maximum absolute atomic E-state index is 14.8. The second-order valence-electron chi connectivity index (χ2n) is 8.77. The van der Waals surface area contributed by atoms with Crippen molar-refractivity contribution >= 4 is 12.2 Å². The molecule has 4 aromatic rings. The van der Waals surface area contributed by atoms with Crippen molar-refractivity contribution in [3.8, 4) is 11.1 Å². The van der Waals surface area contributed by atoms with Crippen LogP contribution in [-0.4, -0.2) is 0 Å². The van der Waals surface area contributed by atoms with Crippen molar-refractivity contribution in [1.82, 2.24) is 0 Å². The van der Waals surface area contributed by atoms with Crippen LogP contribution in [0.1, 0.15) is 54.0 Å². The lowest BCUT2D eigenvalue weighted by molar-refractivity contribution is 0.625. The van der Waals surface area contributed by atoms with Gasteiger partial charge in [-0.25, -0.2) is 4.39 Å². The fourth-order valence-electron chi connectivity index (χ4n) is 4.20. The molecule has 0 nitrogen and oxygen atoms in total. The highest BCUT2D eigenvalue weighted by Crippen LogP contribution is 2.24. The van der Waals surface area contributed by atoms with Gasteiger partial charge in [0.25, 0.3) is 0 Å². The first kappa shape index (κ1) is 22.7. The molecule has 0 fully saturated rings. The summed E-state index contributed by atoms with van der Waals surface area (Å²) in [6.07, 6.45) is 7.03. The van der Waals surface area contributed by atoms with E-state index >= 15 is 0 Å². The fourth-order valence-corrected chi connectivity index (χ4v) is 4.20. The van der Waals surface area contributed by atoms with Crippen LogP contribution in [0.4, 0.5) is 4.39 Å². The van der Waals surface area contributed by atoms with Crippen LogP contribution < -0.4 is 0 Å². The average Bonchev–Trinajstić information content (AvgIpc) is 2.85. The standard InChI is InChI=1S/C32H31F/c1-3-7-25-14-17-29(18-15-25)31-21-20-30(32(33)23-31)19-16-26-10-12-27(13-11-26)22-24(2)28-8-5-4-6-9-28/h4-6,8-21,23-24H,3,7,22H2,1-2H3/t24-/m0/s1. The van der Waals surface area contributed by atoms with E-state index in [0.717, 1.165) is 36.0 Å². The Labute approximate surface area is 197 Å². The number of rotatable bonds is 8. The van der Waals surface area contributed by atoms with E-state index in [-0.39, 0.29) is 5.82 Å². The van der Waals surface area contributed by atoms with Gasteiger partial charge in [-0.1, -0.05) is 123 Å². The van der Waals surface area contributed by atoms with Gasteiger partial charge >= 0.3 is 0 Å². The molecule has 0 saturated carbocycles. The van der Waals surface area contributed by atoms with E-state index in [9.17, 15) is 4.39 Å². The van der Waals surface area contributed by atoms with E-state index in [2.05, 4.69) is 92.7 Å². The largest absolute Gasteiger partial charge is 0.206 e. The third kappa shape index (κ3) is 6.08. The van der Waals surface area contributed by atoms with Gasteiger partial charge in [0.15, 0.2) is 0 Å². The van der Waals surface area contributed by atoms with Crippen molar-refractivity contribution < 1.29 is 4.39 Å². The predicted octanol–water partition coefficient (Wildman–Crippen LogP) is 8.96. The van der Waals surface area contributed by atoms with E-state index in [1.165, 1.54) is 16.7 Å². The summed E-state index contributed by atoms with van der Waals surface area (Å²) in [5, 5.41) is 0. The van der Waals surface area contributed by atoms with Crippen molar-refractivity contribution in [1.29, 1.82) is 0 Å². The quantitative estimate of drug-likeness (QED) is 0.243. The van der Waals surface area contributed by atoms with Crippen molar-refractivity contribution in [3.05, 3.63) is 131 Å². The van der Waals surface area contributed by atoms with Crippen LogP contribution in [0.5, 0.6) is 0 Å². The summed E-state index contributed by atoms with van der Waals surface area (Å²) in [7, 11) is 0. The van der Waals surface area contributed by atoms with Gasteiger partial charge in [-0.05, 0) is 58.2 Å². The number of aryl methyl sites for hydroxylation is 1. The molecular formula is C32H31F. The maximum Gasteiger partial charge on any atom is 0.131 e. The predicted molar refractivity (Wildman–Crippen MR) is 140 cm³/mol. The van der Waals surface area contributed by atoms with Gasteiger partial charge in [0.05, 0.1) is 0 Å². The summed E-state index contributed by atoms with van der Waals surface area (Å²) < 4.78 is 14.8. The molecule has 4 aromatic carbocycles. The number of halogens is 1. The molecule has 166 valence electrons. The first-order chi connectivity index (χ1) is 16.1. The summed E-state index contributed by atoms with van der Waals surface area (Å²) in [5.74, 6) is 0.276. The normalized spacial score (nSPS) is 12.2. The Morgan fingerprint density at radius 2 is 1.39 bits per heavy atom. The van der Waals surface area contributed by atoms with Crippen molar-refractivity contribution in [2.45, 2.75) is 39.0 Å². The molecule has 0 N–H and O–H groups in total. The lowest BCUT2D eigenvalue weighted by Gasteiger charge is -2.12. The van der Waals surface area contributed by atoms with Gasteiger partial charge in [-0.2, -0.15) is 0 Å². The zero-order valence-corrected chi connectivity index (χ0v) is 19.5. The lowest BCUT2D eigenvalue weighted by atomic mass is 9.93. The first-order valence-corrected chi connectivity index (χ1v) is 11.8. The van der Waals surface area contributed by atoms with Crippen LogP contribution in [-0.2, 0) is 12.8 Å².